The van der Waals surface area contributed by atoms with Gasteiger partial charge in [0.25, 0.3) is 5.56 Å². The Labute approximate surface area is 221 Å². The Kier molecular flexibility index (Phi) is 6.87. The van der Waals surface area contributed by atoms with E-state index in [0.29, 0.717) is 27.8 Å². The predicted octanol–water partition coefficient (Wildman–Crippen LogP) is 4.93. The fourth-order valence-electron chi connectivity index (χ4n) is 3.92. The second-order valence-corrected chi connectivity index (χ2v) is 8.77. The van der Waals surface area contributed by atoms with Crippen LogP contribution in [0.3, 0.4) is 0 Å². The molecule has 11 heteroatoms. The number of nitro groups is 1. The van der Waals surface area contributed by atoms with Gasteiger partial charge in [-0.05, 0) is 50.2 Å². The summed E-state index contributed by atoms with van der Waals surface area (Å²) in [6.07, 6.45) is 0.959. The van der Waals surface area contributed by atoms with Crippen molar-refractivity contribution in [1.82, 2.24) is 9.66 Å². The number of nitrogens with zero attached hydrogens (tertiary/aromatic N) is 4. The highest BCUT2D eigenvalue weighted by Gasteiger charge is 2.19. The number of rotatable bonds is 8. The molecule has 2 heterocycles. The summed E-state index contributed by atoms with van der Waals surface area (Å²) in [5, 5.41) is 17.2. The summed E-state index contributed by atoms with van der Waals surface area (Å²) in [4.78, 5) is 40.9. The van der Waals surface area contributed by atoms with Gasteiger partial charge in [-0.2, -0.15) is 9.78 Å². The minimum absolute atomic E-state index is 0.106. The van der Waals surface area contributed by atoms with Crippen molar-refractivity contribution in [2.24, 2.45) is 5.10 Å². The zero-order valence-corrected chi connectivity index (χ0v) is 20.9. The van der Waals surface area contributed by atoms with Crippen LogP contribution in [0.5, 0.6) is 5.75 Å². The number of hydrogen-bond donors (Lipinski definition) is 0. The molecule has 0 aliphatic heterocycles. The van der Waals surface area contributed by atoms with Crippen LogP contribution in [-0.2, 0) is 9.53 Å². The Morgan fingerprint density at radius 1 is 1.13 bits per heavy atom. The molecule has 3 aromatic carbocycles. The highest BCUT2D eigenvalue weighted by molar-refractivity contribution is 5.85. The van der Waals surface area contributed by atoms with Gasteiger partial charge in [-0.15, -0.1) is 0 Å². The summed E-state index contributed by atoms with van der Waals surface area (Å²) in [7, 11) is 0. The van der Waals surface area contributed by atoms with Crippen LogP contribution in [-0.4, -0.2) is 39.5 Å². The number of ether oxygens (including phenoxy) is 2. The van der Waals surface area contributed by atoms with Crippen molar-refractivity contribution in [3.8, 4) is 17.3 Å². The summed E-state index contributed by atoms with van der Waals surface area (Å²) in [5.41, 5.74) is 0.587. The molecule has 0 amide bonds. The molecule has 0 N–H and O–H groups in total. The Morgan fingerprint density at radius 2 is 1.90 bits per heavy atom. The minimum Gasteiger partial charge on any atom is -0.475 e. The largest absolute Gasteiger partial charge is 0.475 e. The van der Waals surface area contributed by atoms with Crippen molar-refractivity contribution >= 4 is 39.7 Å². The van der Waals surface area contributed by atoms with Gasteiger partial charge >= 0.3 is 11.7 Å². The molecule has 0 fully saturated rings. The van der Waals surface area contributed by atoms with Crippen molar-refractivity contribution in [3.05, 3.63) is 98.8 Å². The summed E-state index contributed by atoms with van der Waals surface area (Å²) in [6.45, 7) is 2.89. The van der Waals surface area contributed by atoms with Crippen molar-refractivity contribution in [1.29, 1.82) is 0 Å². The third kappa shape index (κ3) is 5.37. The normalized spacial score (nSPS) is 11.5. The van der Waals surface area contributed by atoms with Gasteiger partial charge in [0.2, 0.25) is 5.82 Å². The molecular formula is C28H22N4O7. The summed E-state index contributed by atoms with van der Waals surface area (Å²) in [6, 6.07) is 20.1. The quantitative estimate of drug-likeness (QED) is 0.120. The highest BCUT2D eigenvalue weighted by Crippen LogP contribution is 2.29. The van der Waals surface area contributed by atoms with Crippen LogP contribution in [0.1, 0.15) is 19.4 Å². The van der Waals surface area contributed by atoms with Gasteiger partial charge in [0.05, 0.1) is 28.1 Å². The fraction of sp³-hybridized carbons (Fsp3) is 0.143. The molecule has 0 radical (unpaired) electrons. The lowest BCUT2D eigenvalue weighted by Crippen LogP contribution is -2.20. The van der Waals surface area contributed by atoms with E-state index in [1.165, 1.54) is 24.4 Å². The van der Waals surface area contributed by atoms with Gasteiger partial charge in [0.1, 0.15) is 5.58 Å². The molecule has 11 nitrogen and oxygen atoms in total. The van der Waals surface area contributed by atoms with Gasteiger partial charge in [0, 0.05) is 17.0 Å². The van der Waals surface area contributed by atoms with E-state index < -0.39 is 23.1 Å². The first-order valence-corrected chi connectivity index (χ1v) is 12.0. The molecule has 0 spiro atoms. The lowest BCUT2D eigenvalue weighted by atomic mass is 10.2. The number of fused-ring (bicyclic) bond motifs is 2. The summed E-state index contributed by atoms with van der Waals surface area (Å²) < 4.78 is 17.3. The summed E-state index contributed by atoms with van der Waals surface area (Å²) in [5.74, 6) is -0.250. The van der Waals surface area contributed by atoms with Crippen molar-refractivity contribution in [2.75, 3.05) is 6.61 Å². The van der Waals surface area contributed by atoms with Crippen LogP contribution in [0.15, 0.2) is 87.1 Å². The highest BCUT2D eigenvalue weighted by atomic mass is 16.6. The van der Waals surface area contributed by atoms with Crippen LogP contribution in [0.4, 0.5) is 5.69 Å². The lowest BCUT2D eigenvalue weighted by molar-refractivity contribution is -0.385. The van der Waals surface area contributed by atoms with Crippen LogP contribution in [0.2, 0.25) is 0 Å². The zero-order valence-electron chi connectivity index (χ0n) is 20.9. The molecule has 0 saturated heterocycles. The van der Waals surface area contributed by atoms with Gasteiger partial charge in [-0.25, -0.2) is 9.78 Å². The standard InChI is InChI=1S/C28H22N4O7/c1-17(2)38-26(33)16-37-24-12-11-18(13-22(24)32(35)36)15-29-31-27(25-14-19-7-3-6-10-23(19)39-25)30-21-9-5-4-8-20(21)28(31)34/h3-15,17H,16H2,1-2H3. The predicted molar refractivity (Wildman–Crippen MR) is 144 cm³/mol. The first-order valence-electron chi connectivity index (χ1n) is 12.0. The Bertz CT molecular complexity index is 1770. The van der Waals surface area contributed by atoms with E-state index in [2.05, 4.69) is 10.1 Å². The van der Waals surface area contributed by atoms with E-state index in [9.17, 15) is 19.7 Å². The number of benzene rings is 3. The number of carbonyl (C=O) groups is 1. The number of esters is 1. The van der Waals surface area contributed by atoms with E-state index >= 15 is 0 Å². The molecule has 0 aliphatic carbocycles. The molecule has 2 aromatic heterocycles. The first-order chi connectivity index (χ1) is 18.8. The third-order valence-corrected chi connectivity index (χ3v) is 5.61. The second-order valence-electron chi connectivity index (χ2n) is 8.77. The van der Waals surface area contributed by atoms with Gasteiger partial charge < -0.3 is 13.9 Å². The van der Waals surface area contributed by atoms with Crippen molar-refractivity contribution in [3.63, 3.8) is 0 Å². The average molecular weight is 527 g/mol. The Hall–Kier alpha value is -5.32. The zero-order chi connectivity index (χ0) is 27.5. The number of aromatic nitrogens is 2. The van der Waals surface area contributed by atoms with Crippen LogP contribution < -0.4 is 10.3 Å². The van der Waals surface area contributed by atoms with Crippen LogP contribution in [0, 0.1) is 10.1 Å². The monoisotopic (exact) mass is 526 g/mol. The minimum atomic E-state index is -0.647. The molecule has 5 rings (SSSR count). The smallest absolute Gasteiger partial charge is 0.344 e. The second kappa shape index (κ2) is 10.6. The van der Waals surface area contributed by atoms with E-state index in [1.54, 1.807) is 50.2 Å². The number of carbonyl (C=O) groups excluding carboxylic acids is 1. The molecule has 5 aromatic rings. The third-order valence-electron chi connectivity index (χ3n) is 5.61. The molecule has 196 valence electrons. The molecule has 0 bridgehead atoms. The van der Waals surface area contributed by atoms with Crippen LogP contribution in [0.25, 0.3) is 33.5 Å². The number of furan rings is 1. The molecule has 0 saturated carbocycles. The lowest BCUT2D eigenvalue weighted by Gasteiger charge is -2.10. The van der Waals surface area contributed by atoms with E-state index in [0.717, 1.165) is 10.1 Å². The number of para-hydroxylation sites is 2. The Balaban J connectivity index is 1.54. The maximum atomic E-state index is 13.4. The maximum Gasteiger partial charge on any atom is 0.344 e. The van der Waals surface area contributed by atoms with Gasteiger partial charge in [0.15, 0.2) is 18.1 Å². The molecule has 0 aliphatic rings. The molecular weight excluding hydrogens is 504 g/mol. The van der Waals surface area contributed by atoms with Gasteiger partial charge in [-0.1, -0.05) is 30.3 Å². The van der Waals surface area contributed by atoms with E-state index in [-0.39, 0.29) is 23.4 Å². The fourth-order valence-corrected chi connectivity index (χ4v) is 3.92. The molecule has 0 atom stereocenters. The van der Waals surface area contributed by atoms with Gasteiger partial charge in [-0.3, -0.25) is 14.9 Å². The Morgan fingerprint density at radius 3 is 2.67 bits per heavy atom. The average Bonchev–Trinajstić information content (AvgIpc) is 3.35. The first kappa shape index (κ1) is 25.3. The number of nitro benzene ring substituents is 1. The molecule has 39 heavy (non-hydrogen) atoms. The van der Waals surface area contributed by atoms with E-state index in [4.69, 9.17) is 13.9 Å². The SMILES string of the molecule is CC(C)OC(=O)COc1ccc(C=Nn2c(-c3cc4ccccc4o3)nc3ccccc3c2=O)cc1[N+](=O)[O-]. The number of hydrogen-bond acceptors (Lipinski definition) is 9. The van der Waals surface area contributed by atoms with Crippen LogP contribution >= 0.6 is 0 Å². The van der Waals surface area contributed by atoms with E-state index in [1.807, 2.05) is 18.2 Å². The van der Waals surface area contributed by atoms with Crippen molar-refractivity contribution in [2.45, 2.75) is 20.0 Å². The maximum absolute atomic E-state index is 13.4. The summed E-state index contributed by atoms with van der Waals surface area (Å²) >= 11 is 0. The molecule has 0 unspecified atom stereocenters. The topological polar surface area (TPSA) is 139 Å². The van der Waals surface area contributed by atoms with Crippen molar-refractivity contribution < 1.29 is 23.6 Å².